The molecule has 12 heteroatoms. The van der Waals surface area contributed by atoms with Crippen LogP contribution < -0.4 is 20.7 Å². The number of amides is 3. The van der Waals surface area contributed by atoms with Crippen molar-refractivity contribution in [3.63, 3.8) is 0 Å². The van der Waals surface area contributed by atoms with Crippen molar-refractivity contribution >= 4 is 40.3 Å². The fraction of sp³-hybridized carbons (Fsp3) is 0.179. The number of aromatic amines is 1. The van der Waals surface area contributed by atoms with Crippen LogP contribution in [0.3, 0.4) is 0 Å². The predicted molar refractivity (Wildman–Crippen MR) is 150 cm³/mol. The molecule has 4 N–H and O–H groups in total. The van der Waals surface area contributed by atoms with Gasteiger partial charge in [0.05, 0.1) is 34.4 Å². The van der Waals surface area contributed by atoms with Crippen molar-refractivity contribution in [2.24, 2.45) is 0 Å². The average molecular weight is 543 g/mol. The molecule has 0 aliphatic heterocycles. The third-order valence-corrected chi connectivity index (χ3v) is 5.83. The molecule has 3 amide bonds. The van der Waals surface area contributed by atoms with Crippen LogP contribution >= 0.6 is 0 Å². The van der Waals surface area contributed by atoms with E-state index in [0.717, 1.165) is 22.8 Å². The molecule has 204 valence electrons. The highest BCUT2D eigenvalue weighted by molar-refractivity contribution is 5.99. The summed E-state index contributed by atoms with van der Waals surface area (Å²) in [5.41, 5.74) is 2.76. The molecule has 0 saturated heterocycles. The van der Waals surface area contributed by atoms with Crippen LogP contribution in [0, 0.1) is 5.82 Å². The largest absolute Gasteiger partial charge is 0.457 e. The second-order valence-electron chi connectivity index (χ2n) is 10.1. The first kappa shape index (κ1) is 26.4. The molecule has 2 aromatic carbocycles. The average Bonchev–Trinajstić information content (AvgIpc) is 3.52. The maximum Gasteiger partial charge on any atom is 0.324 e. The number of hydrogen-bond acceptors (Lipinski definition) is 6. The summed E-state index contributed by atoms with van der Waals surface area (Å²) in [5, 5.41) is 12.6. The van der Waals surface area contributed by atoms with E-state index in [4.69, 9.17) is 9.84 Å². The smallest absolute Gasteiger partial charge is 0.324 e. The topological polar surface area (TPSA) is 139 Å². The van der Waals surface area contributed by atoms with Crippen LogP contribution in [0.5, 0.6) is 11.5 Å². The molecule has 0 aliphatic rings. The zero-order valence-electron chi connectivity index (χ0n) is 22.2. The normalized spacial score (nSPS) is 11.3. The number of pyridine rings is 1. The van der Waals surface area contributed by atoms with E-state index in [9.17, 15) is 14.0 Å². The van der Waals surface area contributed by atoms with Gasteiger partial charge in [-0.2, -0.15) is 5.10 Å². The molecule has 0 unspecified atom stereocenters. The van der Waals surface area contributed by atoms with Gasteiger partial charge < -0.3 is 20.4 Å². The number of nitrogens with one attached hydrogen (secondary N) is 4. The molecule has 0 saturated carbocycles. The number of H-pyrrole nitrogens is 1. The predicted octanol–water partition coefficient (Wildman–Crippen LogP) is 5.97. The maximum atomic E-state index is 14.9. The highest BCUT2D eigenvalue weighted by Gasteiger charge is 2.22. The van der Waals surface area contributed by atoms with Gasteiger partial charge >= 0.3 is 6.03 Å². The minimum Gasteiger partial charge on any atom is -0.457 e. The van der Waals surface area contributed by atoms with Crippen molar-refractivity contribution in [1.29, 1.82) is 0 Å². The molecule has 0 atom stereocenters. The molecular weight excluding hydrogens is 515 g/mol. The van der Waals surface area contributed by atoms with Gasteiger partial charge in [-0.3, -0.25) is 10.1 Å². The molecule has 0 fully saturated rings. The van der Waals surface area contributed by atoms with Gasteiger partial charge in [-0.25, -0.2) is 23.8 Å². The molecule has 5 rings (SSSR count). The number of rotatable bonds is 6. The second-order valence-corrected chi connectivity index (χ2v) is 10.1. The number of imidazole rings is 1. The van der Waals surface area contributed by atoms with Crippen molar-refractivity contribution < 1.29 is 18.7 Å². The molecule has 0 spiro atoms. The third kappa shape index (κ3) is 5.90. The van der Waals surface area contributed by atoms with Crippen LogP contribution in [0.1, 0.15) is 33.4 Å². The molecule has 0 bridgehead atoms. The van der Waals surface area contributed by atoms with Crippen LogP contribution in [-0.4, -0.2) is 36.7 Å². The lowest BCUT2D eigenvalue weighted by molar-refractivity contribution is -0.114. The Balaban J connectivity index is 1.33. The zero-order chi connectivity index (χ0) is 28.4. The van der Waals surface area contributed by atoms with Gasteiger partial charge in [-0.1, -0.05) is 20.8 Å². The van der Waals surface area contributed by atoms with Gasteiger partial charge in [0.25, 0.3) is 0 Å². The SMILES string of the molecule is CC(=O)Nc1cc(Oc2ccc(NC(=O)Nc3cc(C(C)(C)C)nn3-c3ccc4[nH]cnc4c3)c(F)c2)ccn1. The molecular formula is C28H27FN8O3. The number of hydrogen-bond donors (Lipinski definition) is 4. The molecule has 40 heavy (non-hydrogen) atoms. The third-order valence-electron chi connectivity index (χ3n) is 5.83. The van der Waals surface area contributed by atoms with E-state index in [1.54, 1.807) is 23.1 Å². The lowest BCUT2D eigenvalue weighted by atomic mass is 9.92. The van der Waals surface area contributed by atoms with Crippen LogP contribution in [0.25, 0.3) is 16.7 Å². The van der Waals surface area contributed by atoms with E-state index in [0.29, 0.717) is 23.1 Å². The summed E-state index contributed by atoms with van der Waals surface area (Å²) in [5.74, 6) is 0.291. The summed E-state index contributed by atoms with van der Waals surface area (Å²) in [6, 6.07) is 13.9. The van der Waals surface area contributed by atoms with Crippen molar-refractivity contribution in [1.82, 2.24) is 24.7 Å². The summed E-state index contributed by atoms with van der Waals surface area (Å²) in [6.07, 6.45) is 3.07. The molecule has 3 aromatic heterocycles. The van der Waals surface area contributed by atoms with E-state index in [2.05, 4.69) is 30.9 Å². The Morgan fingerprint density at radius 3 is 2.50 bits per heavy atom. The number of fused-ring (bicyclic) bond motifs is 1. The molecule has 3 heterocycles. The van der Waals surface area contributed by atoms with Gasteiger partial charge in [0.15, 0.2) is 0 Å². The number of carbonyl (C=O) groups excluding carboxylic acids is 2. The van der Waals surface area contributed by atoms with Crippen LogP contribution in [0.15, 0.2) is 67.1 Å². The summed E-state index contributed by atoms with van der Waals surface area (Å²) in [4.78, 5) is 35.5. The molecule has 11 nitrogen and oxygen atoms in total. The summed E-state index contributed by atoms with van der Waals surface area (Å²) in [6.45, 7) is 7.42. The Hall–Kier alpha value is -5.26. The fourth-order valence-electron chi connectivity index (χ4n) is 3.88. The Morgan fingerprint density at radius 1 is 0.950 bits per heavy atom. The monoisotopic (exact) mass is 542 g/mol. The van der Waals surface area contributed by atoms with E-state index in [1.807, 2.05) is 39.0 Å². The Labute approximate surface area is 228 Å². The Kier molecular flexibility index (Phi) is 6.91. The number of nitrogens with zero attached hydrogens (tertiary/aromatic N) is 4. The van der Waals surface area contributed by atoms with E-state index >= 15 is 0 Å². The van der Waals surface area contributed by atoms with Crippen LogP contribution in [0.4, 0.5) is 26.5 Å². The summed E-state index contributed by atoms with van der Waals surface area (Å²) in [7, 11) is 0. The lowest BCUT2D eigenvalue weighted by Gasteiger charge is -2.14. The van der Waals surface area contributed by atoms with E-state index in [-0.39, 0.29) is 22.8 Å². The highest BCUT2D eigenvalue weighted by Crippen LogP contribution is 2.29. The standard InChI is InChI=1S/C28H27FN8O3/c1-16(38)33-25-13-19(9-10-30-25)40-18-6-8-21(20(29)12-18)34-27(39)35-26-14-24(28(2,3)4)36-37(26)17-5-7-22-23(11-17)32-15-31-22/h5-15H,1-4H3,(H,31,32)(H,30,33,38)(H2,34,35,39). The van der Waals surface area contributed by atoms with Crippen molar-refractivity contribution in [3.05, 3.63) is 78.6 Å². The first-order valence-corrected chi connectivity index (χ1v) is 12.4. The number of aromatic nitrogens is 5. The van der Waals surface area contributed by atoms with Gasteiger partial charge in [0.2, 0.25) is 5.91 Å². The number of benzene rings is 2. The summed E-state index contributed by atoms with van der Waals surface area (Å²) >= 11 is 0. The van der Waals surface area contributed by atoms with Crippen LogP contribution in [0.2, 0.25) is 0 Å². The summed E-state index contributed by atoms with van der Waals surface area (Å²) < 4.78 is 22.2. The fourth-order valence-corrected chi connectivity index (χ4v) is 3.88. The number of halogens is 1. The maximum absolute atomic E-state index is 14.9. The minimum atomic E-state index is -0.698. The van der Waals surface area contributed by atoms with Gasteiger partial charge in [0, 0.05) is 36.7 Å². The van der Waals surface area contributed by atoms with Crippen molar-refractivity contribution in [2.45, 2.75) is 33.1 Å². The van der Waals surface area contributed by atoms with E-state index < -0.39 is 11.8 Å². The Morgan fingerprint density at radius 2 is 1.75 bits per heavy atom. The second kappa shape index (κ2) is 10.5. The Bertz CT molecular complexity index is 1720. The highest BCUT2D eigenvalue weighted by atomic mass is 19.1. The van der Waals surface area contributed by atoms with Crippen molar-refractivity contribution in [2.75, 3.05) is 16.0 Å². The molecule has 0 aliphatic carbocycles. The number of ether oxygens (including phenoxy) is 1. The van der Waals surface area contributed by atoms with E-state index in [1.165, 1.54) is 31.3 Å². The molecule has 0 radical (unpaired) electrons. The molecule has 5 aromatic rings. The first-order valence-electron chi connectivity index (χ1n) is 12.4. The van der Waals surface area contributed by atoms with Crippen LogP contribution in [-0.2, 0) is 10.2 Å². The minimum absolute atomic E-state index is 0.0430. The lowest BCUT2D eigenvalue weighted by Crippen LogP contribution is -2.22. The number of carbonyl (C=O) groups is 2. The van der Waals surface area contributed by atoms with Gasteiger partial charge in [0.1, 0.15) is 29.0 Å². The van der Waals surface area contributed by atoms with Crippen molar-refractivity contribution in [3.8, 4) is 17.2 Å². The number of anilines is 3. The van der Waals surface area contributed by atoms with Gasteiger partial charge in [-0.15, -0.1) is 0 Å². The first-order chi connectivity index (χ1) is 19.0. The number of urea groups is 1. The zero-order valence-corrected chi connectivity index (χ0v) is 22.2. The van der Waals surface area contributed by atoms with Gasteiger partial charge in [-0.05, 0) is 36.4 Å². The quantitative estimate of drug-likeness (QED) is 0.208.